The van der Waals surface area contributed by atoms with Crippen molar-refractivity contribution in [3.05, 3.63) is 0 Å². The SMILES string of the molecule is CC(C)C(C)SCC(N)CO. The van der Waals surface area contributed by atoms with Gasteiger partial charge in [0.15, 0.2) is 0 Å². The summed E-state index contributed by atoms with van der Waals surface area (Å²) in [6, 6.07) is -0.0544. The Kier molecular flexibility index (Phi) is 6.01. The van der Waals surface area contributed by atoms with E-state index in [1.165, 1.54) is 0 Å². The average Bonchev–Trinajstić information content (AvgIpc) is 1.99. The van der Waals surface area contributed by atoms with E-state index < -0.39 is 0 Å². The zero-order chi connectivity index (χ0) is 8.85. The molecule has 3 N–H and O–H groups in total. The maximum Gasteiger partial charge on any atom is 0.0590 e. The minimum atomic E-state index is -0.0544. The lowest BCUT2D eigenvalue weighted by Gasteiger charge is -2.16. The molecule has 2 unspecified atom stereocenters. The predicted octanol–water partition coefficient (Wildman–Crippen LogP) is 1.08. The van der Waals surface area contributed by atoms with E-state index in [2.05, 4.69) is 20.8 Å². The standard InChI is InChI=1S/C8H19NOS/c1-6(2)7(3)11-5-8(9)4-10/h6-8,10H,4-5,9H2,1-3H3. The zero-order valence-electron chi connectivity index (χ0n) is 7.58. The van der Waals surface area contributed by atoms with Crippen molar-refractivity contribution in [1.29, 1.82) is 0 Å². The molecule has 0 aromatic carbocycles. The number of aliphatic hydroxyl groups is 1. The number of thioether (sulfide) groups is 1. The normalized spacial score (nSPS) is 16.9. The summed E-state index contributed by atoms with van der Waals surface area (Å²) in [5.41, 5.74) is 5.55. The van der Waals surface area contributed by atoms with Crippen LogP contribution in [0.25, 0.3) is 0 Å². The van der Waals surface area contributed by atoms with Gasteiger partial charge in [-0.25, -0.2) is 0 Å². The molecule has 0 bridgehead atoms. The second-order valence-corrected chi connectivity index (χ2v) is 4.64. The highest BCUT2D eigenvalue weighted by atomic mass is 32.2. The molecule has 0 heterocycles. The Balaban J connectivity index is 3.37. The first kappa shape index (κ1) is 11.3. The first-order chi connectivity index (χ1) is 5.07. The Morgan fingerprint density at radius 3 is 2.27 bits per heavy atom. The zero-order valence-corrected chi connectivity index (χ0v) is 8.40. The number of hydrogen-bond acceptors (Lipinski definition) is 3. The molecule has 0 saturated carbocycles. The molecule has 0 amide bonds. The Hall–Kier alpha value is 0.270. The number of rotatable bonds is 5. The molecule has 0 aliphatic heterocycles. The minimum Gasteiger partial charge on any atom is -0.395 e. The summed E-state index contributed by atoms with van der Waals surface area (Å²) < 4.78 is 0. The fraction of sp³-hybridized carbons (Fsp3) is 1.00. The van der Waals surface area contributed by atoms with Gasteiger partial charge >= 0.3 is 0 Å². The Bertz CT molecular complexity index is 98.1. The molecule has 3 heteroatoms. The molecule has 0 spiro atoms. The highest BCUT2D eigenvalue weighted by Crippen LogP contribution is 2.18. The van der Waals surface area contributed by atoms with Crippen LogP contribution in [-0.2, 0) is 0 Å². The van der Waals surface area contributed by atoms with Gasteiger partial charge in [-0.05, 0) is 5.92 Å². The van der Waals surface area contributed by atoms with Crippen LogP contribution in [0.15, 0.2) is 0 Å². The van der Waals surface area contributed by atoms with Crippen LogP contribution in [-0.4, -0.2) is 28.8 Å². The lowest BCUT2D eigenvalue weighted by molar-refractivity contribution is 0.275. The lowest BCUT2D eigenvalue weighted by atomic mass is 10.2. The van der Waals surface area contributed by atoms with E-state index in [0.717, 1.165) is 5.75 Å². The second kappa shape index (κ2) is 5.86. The molecule has 0 fully saturated rings. The maximum atomic E-state index is 8.65. The van der Waals surface area contributed by atoms with E-state index in [9.17, 15) is 0 Å². The van der Waals surface area contributed by atoms with E-state index >= 15 is 0 Å². The van der Waals surface area contributed by atoms with E-state index in [1.807, 2.05) is 11.8 Å². The second-order valence-electron chi connectivity index (χ2n) is 3.23. The summed E-state index contributed by atoms with van der Waals surface area (Å²) in [7, 11) is 0. The molecule has 0 saturated heterocycles. The number of hydrogen-bond donors (Lipinski definition) is 2. The largest absolute Gasteiger partial charge is 0.395 e. The Morgan fingerprint density at radius 1 is 1.36 bits per heavy atom. The lowest BCUT2D eigenvalue weighted by Crippen LogP contribution is -2.28. The molecule has 0 aliphatic carbocycles. The summed E-state index contributed by atoms with van der Waals surface area (Å²) in [6.45, 7) is 6.68. The topological polar surface area (TPSA) is 46.2 Å². The Morgan fingerprint density at radius 2 is 1.91 bits per heavy atom. The molecule has 0 radical (unpaired) electrons. The van der Waals surface area contributed by atoms with Gasteiger partial charge in [0.2, 0.25) is 0 Å². The van der Waals surface area contributed by atoms with Gasteiger partial charge < -0.3 is 10.8 Å². The van der Waals surface area contributed by atoms with Crippen molar-refractivity contribution in [2.75, 3.05) is 12.4 Å². The third-order valence-corrected chi connectivity index (χ3v) is 3.44. The van der Waals surface area contributed by atoms with Crippen molar-refractivity contribution < 1.29 is 5.11 Å². The van der Waals surface area contributed by atoms with Crippen molar-refractivity contribution in [1.82, 2.24) is 0 Å². The van der Waals surface area contributed by atoms with Crippen LogP contribution in [0.5, 0.6) is 0 Å². The van der Waals surface area contributed by atoms with E-state index in [-0.39, 0.29) is 12.6 Å². The minimum absolute atomic E-state index is 0.0544. The van der Waals surface area contributed by atoms with Crippen LogP contribution in [0.1, 0.15) is 20.8 Å². The molecule has 0 rings (SSSR count). The summed E-state index contributed by atoms with van der Waals surface area (Å²) in [5, 5.41) is 9.28. The van der Waals surface area contributed by atoms with Gasteiger partial charge in [-0.15, -0.1) is 0 Å². The number of nitrogens with two attached hydrogens (primary N) is 1. The van der Waals surface area contributed by atoms with E-state index in [1.54, 1.807) is 0 Å². The molecular formula is C8H19NOS. The summed E-state index contributed by atoms with van der Waals surface area (Å²) in [5.74, 6) is 1.54. The molecule has 0 aliphatic rings. The van der Waals surface area contributed by atoms with Crippen LogP contribution in [0, 0.1) is 5.92 Å². The van der Waals surface area contributed by atoms with E-state index in [0.29, 0.717) is 11.2 Å². The van der Waals surface area contributed by atoms with Gasteiger partial charge in [-0.2, -0.15) is 11.8 Å². The fourth-order valence-electron chi connectivity index (χ4n) is 0.521. The summed E-state index contributed by atoms with van der Waals surface area (Å²) in [6.07, 6.45) is 0. The first-order valence-corrected chi connectivity index (χ1v) is 5.10. The molecule has 0 aromatic rings. The first-order valence-electron chi connectivity index (χ1n) is 4.06. The van der Waals surface area contributed by atoms with Gasteiger partial charge in [0, 0.05) is 17.0 Å². The predicted molar refractivity (Wildman–Crippen MR) is 51.8 cm³/mol. The van der Waals surface area contributed by atoms with Crippen LogP contribution in [0.4, 0.5) is 0 Å². The summed E-state index contributed by atoms with van der Waals surface area (Å²) in [4.78, 5) is 0. The molecule has 2 nitrogen and oxygen atoms in total. The molecule has 2 atom stereocenters. The highest BCUT2D eigenvalue weighted by Gasteiger charge is 2.09. The van der Waals surface area contributed by atoms with Crippen LogP contribution in [0.2, 0.25) is 0 Å². The molecule has 68 valence electrons. The van der Waals surface area contributed by atoms with Gasteiger partial charge in [-0.3, -0.25) is 0 Å². The number of aliphatic hydroxyl groups excluding tert-OH is 1. The monoisotopic (exact) mass is 177 g/mol. The van der Waals surface area contributed by atoms with Crippen molar-refractivity contribution in [2.24, 2.45) is 11.7 Å². The maximum absolute atomic E-state index is 8.65. The quantitative estimate of drug-likeness (QED) is 0.660. The van der Waals surface area contributed by atoms with Crippen molar-refractivity contribution in [2.45, 2.75) is 32.1 Å². The molecule has 11 heavy (non-hydrogen) atoms. The van der Waals surface area contributed by atoms with Gasteiger partial charge in [0.1, 0.15) is 0 Å². The molecular weight excluding hydrogens is 158 g/mol. The fourth-order valence-corrected chi connectivity index (χ4v) is 1.56. The van der Waals surface area contributed by atoms with Gasteiger partial charge in [0.25, 0.3) is 0 Å². The van der Waals surface area contributed by atoms with Gasteiger partial charge in [-0.1, -0.05) is 20.8 Å². The average molecular weight is 177 g/mol. The smallest absolute Gasteiger partial charge is 0.0590 e. The van der Waals surface area contributed by atoms with Crippen LogP contribution < -0.4 is 5.73 Å². The molecule has 0 aromatic heterocycles. The Labute approximate surface area is 73.6 Å². The van der Waals surface area contributed by atoms with E-state index in [4.69, 9.17) is 10.8 Å². The third kappa shape index (κ3) is 5.53. The van der Waals surface area contributed by atoms with Crippen molar-refractivity contribution in [3.8, 4) is 0 Å². The van der Waals surface area contributed by atoms with Crippen molar-refractivity contribution in [3.63, 3.8) is 0 Å². The van der Waals surface area contributed by atoms with Crippen LogP contribution >= 0.6 is 11.8 Å². The third-order valence-electron chi connectivity index (χ3n) is 1.75. The highest BCUT2D eigenvalue weighted by molar-refractivity contribution is 7.99. The van der Waals surface area contributed by atoms with Gasteiger partial charge in [0.05, 0.1) is 6.61 Å². The summed E-state index contributed by atoms with van der Waals surface area (Å²) >= 11 is 1.83. The van der Waals surface area contributed by atoms with Crippen molar-refractivity contribution >= 4 is 11.8 Å². The van der Waals surface area contributed by atoms with Crippen LogP contribution in [0.3, 0.4) is 0 Å².